The van der Waals surface area contributed by atoms with Crippen molar-refractivity contribution < 1.29 is 49.0 Å². The number of rotatable bonds is 6. The van der Waals surface area contributed by atoms with Crippen LogP contribution in [0.15, 0.2) is 72.8 Å². The van der Waals surface area contributed by atoms with Gasteiger partial charge in [0.15, 0.2) is 23.3 Å². The Kier molecular flexibility index (Phi) is 7.05. The van der Waals surface area contributed by atoms with Crippen LogP contribution in [-0.4, -0.2) is 6.36 Å². The molecular weight excluding hydrogens is 527 g/mol. The molecule has 198 valence electrons. The van der Waals surface area contributed by atoms with Crippen LogP contribution in [0.1, 0.15) is 11.1 Å². The van der Waals surface area contributed by atoms with Crippen LogP contribution in [-0.2, 0) is 6.11 Å². The van der Waals surface area contributed by atoms with Crippen LogP contribution in [0.4, 0.5) is 39.5 Å². The highest BCUT2D eigenvalue weighted by molar-refractivity contribution is 5.72. The number of alkyl halides is 5. The van der Waals surface area contributed by atoms with Gasteiger partial charge >= 0.3 is 12.5 Å². The van der Waals surface area contributed by atoms with E-state index in [9.17, 15) is 39.5 Å². The van der Waals surface area contributed by atoms with E-state index in [-0.39, 0.29) is 22.4 Å². The molecule has 0 atom stereocenters. The van der Waals surface area contributed by atoms with E-state index < -0.39 is 52.6 Å². The predicted molar refractivity (Wildman–Crippen MR) is 120 cm³/mol. The summed E-state index contributed by atoms with van der Waals surface area (Å²) in [6.45, 7) is 1.73. The quantitative estimate of drug-likeness (QED) is 0.227. The van der Waals surface area contributed by atoms with Gasteiger partial charge in [0.25, 0.3) is 0 Å². The third-order valence-corrected chi connectivity index (χ3v) is 5.41. The largest absolute Gasteiger partial charge is 0.573 e. The lowest BCUT2D eigenvalue weighted by Gasteiger charge is -2.18. The molecule has 0 aliphatic rings. The summed E-state index contributed by atoms with van der Waals surface area (Å²) in [5.74, 6) is -8.55. The minimum Gasteiger partial charge on any atom is -0.429 e. The normalized spacial score (nSPS) is 11.9. The molecule has 0 aromatic heterocycles. The van der Waals surface area contributed by atoms with Crippen LogP contribution >= 0.6 is 0 Å². The lowest BCUT2D eigenvalue weighted by atomic mass is 9.98. The van der Waals surface area contributed by atoms with Crippen LogP contribution in [0, 0.1) is 30.2 Å². The van der Waals surface area contributed by atoms with Gasteiger partial charge in [-0.1, -0.05) is 42.0 Å². The van der Waals surface area contributed by atoms with Crippen molar-refractivity contribution >= 4 is 0 Å². The molecule has 0 heterocycles. The highest BCUT2D eigenvalue weighted by Crippen LogP contribution is 2.37. The third kappa shape index (κ3) is 5.71. The molecule has 0 amide bonds. The van der Waals surface area contributed by atoms with E-state index in [1.807, 2.05) is 0 Å². The number of hydrogen-bond acceptors (Lipinski definition) is 2. The second-order valence-corrected chi connectivity index (χ2v) is 8.11. The zero-order valence-corrected chi connectivity index (χ0v) is 19.1. The monoisotopic (exact) mass is 542 g/mol. The summed E-state index contributed by atoms with van der Waals surface area (Å²) in [5, 5.41) is 0. The SMILES string of the molecule is Cc1ccc(C(F)(F)Oc2ccc(-c3ccc(-c4cc(F)c(OC(F)(F)F)c(F)c4)c(F)c3F)cc2)cc1. The summed E-state index contributed by atoms with van der Waals surface area (Å²) in [6.07, 6.45) is -9.04. The smallest absolute Gasteiger partial charge is 0.429 e. The summed E-state index contributed by atoms with van der Waals surface area (Å²) in [6, 6.07) is 12.8. The van der Waals surface area contributed by atoms with E-state index in [0.717, 1.165) is 29.8 Å². The molecule has 0 radical (unpaired) electrons. The molecule has 0 N–H and O–H groups in total. The van der Waals surface area contributed by atoms with Gasteiger partial charge in [0, 0.05) is 11.1 Å². The lowest BCUT2D eigenvalue weighted by Crippen LogP contribution is -2.21. The molecule has 4 rings (SSSR count). The molecule has 2 nitrogen and oxygen atoms in total. The Hall–Kier alpha value is -4.15. The van der Waals surface area contributed by atoms with Crippen molar-refractivity contribution in [3.63, 3.8) is 0 Å². The second-order valence-electron chi connectivity index (χ2n) is 8.11. The fourth-order valence-electron chi connectivity index (χ4n) is 3.58. The van der Waals surface area contributed by atoms with E-state index >= 15 is 0 Å². The summed E-state index contributed by atoms with van der Waals surface area (Å²) in [4.78, 5) is 0. The molecular formula is C27H15F9O2. The van der Waals surface area contributed by atoms with Gasteiger partial charge in [-0.25, -0.2) is 17.6 Å². The third-order valence-electron chi connectivity index (χ3n) is 5.41. The van der Waals surface area contributed by atoms with Crippen molar-refractivity contribution in [1.29, 1.82) is 0 Å². The number of aryl methyl sites for hydroxylation is 1. The molecule has 0 saturated carbocycles. The zero-order chi connectivity index (χ0) is 27.8. The fraction of sp³-hybridized carbons (Fsp3) is 0.111. The van der Waals surface area contributed by atoms with Crippen molar-refractivity contribution in [3.8, 4) is 33.8 Å². The first-order valence-corrected chi connectivity index (χ1v) is 10.7. The summed E-state index contributed by atoms with van der Waals surface area (Å²) in [7, 11) is 0. The molecule has 0 fully saturated rings. The average molecular weight is 542 g/mol. The molecule has 0 saturated heterocycles. The Morgan fingerprint density at radius 2 is 1.08 bits per heavy atom. The molecule has 11 heteroatoms. The summed E-state index contributed by atoms with van der Waals surface area (Å²) < 4.78 is 132. The maximum atomic E-state index is 14.9. The van der Waals surface area contributed by atoms with Gasteiger partial charge in [-0.2, -0.15) is 8.78 Å². The fourth-order valence-corrected chi connectivity index (χ4v) is 3.58. The molecule has 0 bridgehead atoms. The molecule has 4 aromatic rings. The number of ether oxygens (including phenoxy) is 2. The Morgan fingerprint density at radius 1 is 0.579 bits per heavy atom. The van der Waals surface area contributed by atoms with Crippen LogP contribution in [0.5, 0.6) is 11.5 Å². The number of benzene rings is 4. The second kappa shape index (κ2) is 9.96. The molecule has 0 unspecified atom stereocenters. The number of halogens is 9. The highest BCUT2D eigenvalue weighted by atomic mass is 19.4. The topological polar surface area (TPSA) is 18.5 Å². The Balaban J connectivity index is 1.59. The van der Waals surface area contributed by atoms with Crippen molar-refractivity contribution in [2.24, 2.45) is 0 Å². The minimum atomic E-state index is -5.38. The summed E-state index contributed by atoms with van der Waals surface area (Å²) in [5.41, 5.74) is -1.09. The summed E-state index contributed by atoms with van der Waals surface area (Å²) >= 11 is 0. The molecule has 0 spiro atoms. The van der Waals surface area contributed by atoms with Crippen molar-refractivity contribution in [2.45, 2.75) is 19.4 Å². The van der Waals surface area contributed by atoms with Gasteiger partial charge in [0.05, 0.1) is 5.56 Å². The van der Waals surface area contributed by atoms with Gasteiger partial charge in [0.2, 0.25) is 5.75 Å². The predicted octanol–water partition coefficient (Wildman–Crippen LogP) is 8.91. The van der Waals surface area contributed by atoms with Crippen LogP contribution in [0.2, 0.25) is 0 Å². The van der Waals surface area contributed by atoms with Gasteiger partial charge in [0.1, 0.15) is 5.75 Å². The van der Waals surface area contributed by atoms with E-state index in [2.05, 4.69) is 4.74 Å². The average Bonchev–Trinajstić information content (AvgIpc) is 2.83. The van der Waals surface area contributed by atoms with Gasteiger partial charge in [-0.15, -0.1) is 13.2 Å². The zero-order valence-electron chi connectivity index (χ0n) is 19.1. The standard InChI is InChI=1S/C27H15F9O2/c1-14-2-6-17(7-3-14)26(32,33)37-18-8-4-15(5-9-18)19-10-11-20(24(31)23(19)30)16-12-21(28)25(22(29)13-16)38-27(34,35)36/h2-13H,1H3. The maximum Gasteiger partial charge on any atom is 0.573 e. The first-order chi connectivity index (χ1) is 17.7. The van der Waals surface area contributed by atoms with Crippen LogP contribution < -0.4 is 9.47 Å². The van der Waals surface area contributed by atoms with Crippen LogP contribution in [0.3, 0.4) is 0 Å². The van der Waals surface area contributed by atoms with E-state index in [1.54, 1.807) is 6.92 Å². The number of hydrogen-bond donors (Lipinski definition) is 0. The van der Waals surface area contributed by atoms with Crippen molar-refractivity contribution in [1.82, 2.24) is 0 Å². The van der Waals surface area contributed by atoms with Crippen LogP contribution in [0.25, 0.3) is 22.3 Å². The van der Waals surface area contributed by atoms with E-state index in [0.29, 0.717) is 12.1 Å². The first-order valence-electron chi connectivity index (χ1n) is 10.7. The Morgan fingerprint density at radius 3 is 1.58 bits per heavy atom. The Labute approximate surface area is 209 Å². The van der Waals surface area contributed by atoms with Gasteiger partial charge in [-0.3, -0.25) is 0 Å². The van der Waals surface area contributed by atoms with Crippen molar-refractivity contribution in [2.75, 3.05) is 0 Å². The van der Waals surface area contributed by atoms with E-state index in [1.165, 1.54) is 36.4 Å². The molecule has 0 aliphatic carbocycles. The van der Waals surface area contributed by atoms with Crippen molar-refractivity contribution in [3.05, 3.63) is 107 Å². The van der Waals surface area contributed by atoms with E-state index in [4.69, 9.17) is 4.74 Å². The van der Waals surface area contributed by atoms with Gasteiger partial charge < -0.3 is 9.47 Å². The lowest BCUT2D eigenvalue weighted by molar-refractivity contribution is -0.276. The molecule has 0 aliphatic heterocycles. The van der Waals surface area contributed by atoms with Gasteiger partial charge in [-0.05, 0) is 54.4 Å². The minimum absolute atomic E-state index is 0.0604. The molecule has 38 heavy (non-hydrogen) atoms. The maximum absolute atomic E-state index is 14.9. The highest BCUT2D eigenvalue weighted by Gasteiger charge is 2.35. The Bertz CT molecular complexity index is 1440. The first kappa shape index (κ1) is 26.9. The molecule has 4 aromatic carbocycles.